The van der Waals surface area contributed by atoms with Crippen molar-refractivity contribution >= 4 is 5.97 Å². The van der Waals surface area contributed by atoms with Gasteiger partial charge < -0.3 is 64.2 Å². The number of aliphatic hydroxyl groups is 7. The SMILES string of the molecule is CC/C=C\C/C=C\C/C=C\CCCCCCOCC(COC1OC(COC2OC(CO)C(O)C(O)C2O)C(O)C(O)C1O)OC(=O)CCCCCCCCCCCCCCCCCCCCC. The van der Waals surface area contributed by atoms with E-state index in [0.717, 1.165) is 70.6 Å². The summed E-state index contributed by atoms with van der Waals surface area (Å²) in [4.78, 5) is 13.0. The van der Waals surface area contributed by atoms with Crippen molar-refractivity contribution in [1.82, 2.24) is 0 Å². The van der Waals surface area contributed by atoms with Gasteiger partial charge in [-0.05, 0) is 44.9 Å². The van der Waals surface area contributed by atoms with Crippen LogP contribution in [-0.4, -0.2) is 142 Å². The number of rotatable bonds is 42. The van der Waals surface area contributed by atoms with E-state index in [9.17, 15) is 40.5 Å². The Morgan fingerprint density at radius 1 is 0.507 bits per heavy atom. The number of carbonyl (C=O) groups excluding carboxylic acids is 1. The molecule has 0 amide bonds. The number of hydrogen-bond donors (Lipinski definition) is 7. The molecule has 0 aliphatic carbocycles. The molecule has 2 heterocycles. The number of allylic oxidation sites excluding steroid dienone is 6. The van der Waals surface area contributed by atoms with Gasteiger partial charge in [-0.15, -0.1) is 0 Å². The van der Waals surface area contributed by atoms with Crippen LogP contribution in [0.5, 0.6) is 0 Å². The molecular weight excluding hydrogens is 861 g/mol. The topological polar surface area (TPSA) is 214 Å². The Morgan fingerprint density at radius 3 is 1.52 bits per heavy atom. The molecule has 0 spiro atoms. The standard InChI is InChI=1S/C53H96O14/c1-3-5-7-9-11-13-15-17-19-20-21-22-23-24-26-28-30-32-34-36-45(55)65-42(39-62-37-35-33-31-29-27-25-18-16-14-12-10-8-6-4-2)40-63-52-51(61)49(59)47(57)44(67-52)41-64-53-50(60)48(58)46(56)43(38-54)66-53/h6,8,12,14,18,25,42-44,46-54,56-61H,3-5,7,9-11,13,15-17,19-24,26-41H2,1-2H3/b8-6-,14-12-,25-18-. The molecule has 0 aromatic rings. The first-order chi connectivity index (χ1) is 32.6. The summed E-state index contributed by atoms with van der Waals surface area (Å²) >= 11 is 0. The first-order valence-electron chi connectivity index (χ1n) is 26.6. The van der Waals surface area contributed by atoms with Crippen LogP contribution in [0.2, 0.25) is 0 Å². The van der Waals surface area contributed by atoms with Gasteiger partial charge in [0.05, 0.1) is 26.4 Å². The molecule has 2 aliphatic heterocycles. The van der Waals surface area contributed by atoms with Crippen LogP contribution in [0.4, 0.5) is 0 Å². The quantitative estimate of drug-likeness (QED) is 0.0175. The molecule has 67 heavy (non-hydrogen) atoms. The van der Waals surface area contributed by atoms with Crippen molar-refractivity contribution in [3.63, 3.8) is 0 Å². The lowest BCUT2D eigenvalue weighted by Gasteiger charge is -2.42. The van der Waals surface area contributed by atoms with Crippen LogP contribution in [-0.2, 0) is 33.2 Å². The van der Waals surface area contributed by atoms with E-state index < -0.39 is 80.7 Å². The largest absolute Gasteiger partial charge is 0.457 e. The summed E-state index contributed by atoms with van der Waals surface area (Å²) in [5.41, 5.74) is 0. The number of esters is 1. The summed E-state index contributed by atoms with van der Waals surface area (Å²) in [5, 5.41) is 72.1. The van der Waals surface area contributed by atoms with Crippen molar-refractivity contribution in [3.8, 4) is 0 Å². The summed E-state index contributed by atoms with van der Waals surface area (Å²) in [6, 6.07) is 0. The van der Waals surface area contributed by atoms with E-state index in [0.29, 0.717) is 13.0 Å². The van der Waals surface area contributed by atoms with Gasteiger partial charge in [0.2, 0.25) is 0 Å². The predicted molar refractivity (Wildman–Crippen MR) is 261 cm³/mol. The summed E-state index contributed by atoms with van der Waals surface area (Å²) < 4.78 is 34.3. The lowest BCUT2D eigenvalue weighted by molar-refractivity contribution is -0.332. The van der Waals surface area contributed by atoms with Crippen LogP contribution >= 0.6 is 0 Å². The third-order valence-corrected chi connectivity index (χ3v) is 12.7. The van der Waals surface area contributed by atoms with Gasteiger partial charge in [-0.1, -0.05) is 179 Å². The summed E-state index contributed by atoms with van der Waals surface area (Å²) in [6.45, 7) is 3.54. The van der Waals surface area contributed by atoms with Gasteiger partial charge in [0.1, 0.15) is 54.9 Å². The number of carbonyl (C=O) groups is 1. The first kappa shape index (κ1) is 61.3. The van der Waals surface area contributed by atoms with Crippen LogP contribution in [0.25, 0.3) is 0 Å². The Balaban J connectivity index is 1.75. The minimum absolute atomic E-state index is 0.0487. The smallest absolute Gasteiger partial charge is 0.306 e. The highest BCUT2D eigenvalue weighted by atomic mass is 16.7. The minimum Gasteiger partial charge on any atom is -0.457 e. The van der Waals surface area contributed by atoms with E-state index in [1.165, 1.54) is 96.3 Å². The van der Waals surface area contributed by atoms with E-state index >= 15 is 0 Å². The van der Waals surface area contributed by atoms with Gasteiger partial charge in [0.15, 0.2) is 12.6 Å². The summed E-state index contributed by atoms with van der Waals surface area (Å²) in [7, 11) is 0. The van der Waals surface area contributed by atoms with Gasteiger partial charge >= 0.3 is 5.97 Å². The van der Waals surface area contributed by atoms with Gasteiger partial charge in [0, 0.05) is 13.0 Å². The van der Waals surface area contributed by atoms with Crippen molar-refractivity contribution in [2.45, 2.75) is 261 Å². The molecule has 2 aliphatic rings. The first-order valence-corrected chi connectivity index (χ1v) is 26.6. The third kappa shape index (κ3) is 28.6. The Morgan fingerprint density at radius 2 is 0.970 bits per heavy atom. The molecule has 11 unspecified atom stereocenters. The molecule has 0 aromatic carbocycles. The highest BCUT2D eigenvalue weighted by Crippen LogP contribution is 2.26. The fourth-order valence-corrected chi connectivity index (χ4v) is 8.36. The molecule has 0 bridgehead atoms. The molecule has 0 saturated carbocycles. The third-order valence-electron chi connectivity index (χ3n) is 12.7. The molecule has 11 atom stereocenters. The highest BCUT2D eigenvalue weighted by molar-refractivity contribution is 5.69. The van der Waals surface area contributed by atoms with Crippen LogP contribution < -0.4 is 0 Å². The molecule has 14 heteroatoms. The number of aliphatic hydroxyl groups excluding tert-OH is 7. The average molecular weight is 957 g/mol. The second-order valence-corrected chi connectivity index (χ2v) is 18.7. The number of unbranched alkanes of at least 4 members (excludes halogenated alkanes) is 22. The molecule has 14 nitrogen and oxygen atoms in total. The van der Waals surface area contributed by atoms with Crippen LogP contribution in [0, 0.1) is 0 Å². The molecule has 2 rings (SSSR count). The molecule has 392 valence electrons. The van der Waals surface area contributed by atoms with Crippen molar-refractivity contribution in [1.29, 1.82) is 0 Å². The van der Waals surface area contributed by atoms with Crippen molar-refractivity contribution < 1.29 is 69.0 Å². The van der Waals surface area contributed by atoms with Crippen LogP contribution in [0.15, 0.2) is 36.5 Å². The highest BCUT2D eigenvalue weighted by Gasteiger charge is 2.47. The number of ether oxygens (including phenoxy) is 6. The van der Waals surface area contributed by atoms with E-state index in [2.05, 4.69) is 50.3 Å². The maximum Gasteiger partial charge on any atom is 0.306 e. The Kier molecular flexibility index (Phi) is 37.4. The van der Waals surface area contributed by atoms with Crippen LogP contribution in [0.1, 0.15) is 194 Å². The molecule has 0 radical (unpaired) electrons. The fourth-order valence-electron chi connectivity index (χ4n) is 8.36. The molecule has 0 aromatic heterocycles. The summed E-state index contributed by atoms with van der Waals surface area (Å²) in [5.74, 6) is -0.382. The summed E-state index contributed by atoms with van der Waals surface area (Å²) in [6.07, 6.45) is 29.2. The van der Waals surface area contributed by atoms with E-state index in [1.54, 1.807) is 0 Å². The zero-order valence-corrected chi connectivity index (χ0v) is 41.6. The van der Waals surface area contributed by atoms with Crippen molar-refractivity contribution in [3.05, 3.63) is 36.5 Å². The lowest BCUT2D eigenvalue weighted by Crippen LogP contribution is -2.61. The minimum atomic E-state index is -1.71. The van der Waals surface area contributed by atoms with E-state index in [-0.39, 0.29) is 25.6 Å². The monoisotopic (exact) mass is 957 g/mol. The number of hydrogen-bond acceptors (Lipinski definition) is 14. The zero-order valence-electron chi connectivity index (χ0n) is 41.6. The van der Waals surface area contributed by atoms with Gasteiger partial charge in [-0.2, -0.15) is 0 Å². The molecule has 2 saturated heterocycles. The van der Waals surface area contributed by atoms with Gasteiger partial charge in [-0.25, -0.2) is 0 Å². The Labute approximate surface area is 404 Å². The molecule has 7 N–H and O–H groups in total. The van der Waals surface area contributed by atoms with Crippen molar-refractivity contribution in [2.24, 2.45) is 0 Å². The van der Waals surface area contributed by atoms with Crippen molar-refractivity contribution in [2.75, 3.05) is 33.0 Å². The Hall–Kier alpha value is -1.79. The normalized spacial score (nSPS) is 26.3. The predicted octanol–water partition coefficient (Wildman–Crippen LogP) is 8.19. The maximum atomic E-state index is 13.0. The zero-order chi connectivity index (χ0) is 48.7. The molecule has 2 fully saturated rings. The second kappa shape index (κ2) is 40.9. The lowest BCUT2D eigenvalue weighted by atomic mass is 9.98. The fraction of sp³-hybridized carbons (Fsp3) is 0.868. The van der Waals surface area contributed by atoms with Gasteiger partial charge in [0.25, 0.3) is 0 Å². The average Bonchev–Trinajstić information content (AvgIpc) is 3.32. The molecular formula is C53H96O14. The maximum absolute atomic E-state index is 13.0. The van der Waals surface area contributed by atoms with E-state index in [1.807, 2.05) is 0 Å². The van der Waals surface area contributed by atoms with Gasteiger partial charge in [-0.3, -0.25) is 4.79 Å². The Bertz CT molecular complexity index is 1250. The van der Waals surface area contributed by atoms with Crippen LogP contribution in [0.3, 0.4) is 0 Å². The van der Waals surface area contributed by atoms with E-state index in [4.69, 9.17) is 28.4 Å². The second-order valence-electron chi connectivity index (χ2n) is 18.7.